The molecule has 0 bridgehead atoms. The van der Waals surface area contributed by atoms with Crippen molar-refractivity contribution in [3.8, 4) is 0 Å². The molecule has 2 heterocycles. The van der Waals surface area contributed by atoms with E-state index in [1.807, 2.05) is 18.2 Å². The molecular weight excluding hydrogens is 318 g/mol. The van der Waals surface area contributed by atoms with E-state index in [2.05, 4.69) is 10.5 Å². The molecule has 0 atom stereocenters. The van der Waals surface area contributed by atoms with E-state index in [0.717, 1.165) is 5.56 Å². The molecule has 2 aromatic rings. The van der Waals surface area contributed by atoms with Crippen LogP contribution in [0.15, 0.2) is 34.9 Å². The normalized spacial score (nSPS) is 14.4. The third-order valence-electron chi connectivity index (χ3n) is 3.80. The smallest absolute Gasteiger partial charge is 0.276 e. The molecule has 1 aromatic carbocycles. The van der Waals surface area contributed by atoms with Gasteiger partial charge >= 0.3 is 0 Å². The highest BCUT2D eigenvalue weighted by molar-refractivity contribution is 6.31. The van der Waals surface area contributed by atoms with E-state index in [1.54, 1.807) is 24.0 Å². The standard InChI is InChI=1S/C16H16ClN3O3/c1-10-6-14(19-23-10)16(22)20-8-12(9-20)15(21)18-7-11-4-2-3-5-13(11)17/h2-6,12H,7-9H2,1H3,(H,18,21). The lowest BCUT2D eigenvalue weighted by atomic mass is 9.98. The number of rotatable bonds is 4. The van der Waals surface area contributed by atoms with Crippen LogP contribution in [0, 0.1) is 12.8 Å². The van der Waals surface area contributed by atoms with Gasteiger partial charge in [0.2, 0.25) is 5.91 Å². The topological polar surface area (TPSA) is 75.4 Å². The molecule has 0 radical (unpaired) electrons. The summed E-state index contributed by atoms with van der Waals surface area (Å²) in [5, 5.41) is 7.17. The minimum atomic E-state index is -0.211. The van der Waals surface area contributed by atoms with Crippen LogP contribution >= 0.6 is 11.6 Å². The van der Waals surface area contributed by atoms with Gasteiger partial charge in [-0.2, -0.15) is 0 Å². The van der Waals surface area contributed by atoms with Gasteiger partial charge in [-0.15, -0.1) is 0 Å². The predicted molar refractivity (Wildman–Crippen MR) is 83.9 cm³/mol. The van der Waals surface area contributed by atoms with E-state index in [9.17, 15) is 9.59 Å². The van der Waals surface area contributed by atoms with Crippen LogP contribution in [-0.4, -0.2) is 35.0 Å². The highest BCUT2D eigenvalue weighted by Crippen LogP contribution is 2.20. The van der Waals surface area contributed by atoms with Crippen LogP contribution in [0.4, 0.5) is 0 Å². The number of amides is 2. The Labute approximate surface area is 138 Å². The molecule has 1 aliphatic heterocycles. The third kappa shape index (κ3) is 3.37. The van der Waals surface area contributed by atoms with Crippen LogP contribution in [0.25, 0.3) is 0 Å². The molecule has 6 nitrogen and oxygen atoms in total. The molecular formula is C16H16ClN3O3. The number of aryl methyl sites for hydroxylation is 1. The van der Waals surface area contributed by atoms with Crippen molar-refractivity contribution in [2.24, 2.45) is 5.92 Å². The van der Waals surface area contributed by atoms with Gasteiger partial charge in [-0.1, -0.05) is 35.0 Å². The van der Waals surface area contributed by atoms with E-state index in [1.165, 1.54) is 0 Å². The fraction of sp³-hybridized carbons (Fsp3) is 0.312. The van der Waals surface area contributed by atoms with Crippen LogP contribution < -0.4 is 5.32 Å². The largest absolute Gasteiger partial charge is 0.361 e. The molecule has 0 aliphatic carbocycles. The number of hydrogen-bond acceptors (Lipinski definition) is 4. The van der Waals surface area contributed by atoms with Gasteiger partial charge in [0.05, 0.1) is 5.92 Å². The quantitative estimate of drug-likeness (QED) is 0.928. The maximum absolute atomic E-state index is 12.1. The maximum atomic E-state index is 12.1. The van der Waals surface area contributed by atoms with Gasteiger partial charge in [0.15, 0.2) is 5.69 Å². The summed E-state index contributed by atoms with van der Waals surface area (Å²) in [6, 6.07) is 8.96. The van der Waals surface area contributed by atoms with E-state index in [4.69, 9.17) is 16.1 Å². The Morgan fingerprint density at radius 1 is 1.39 bits per heavy atom. The average molecular weight is 334 g/mol. The lowest BCUT2D eigenvalue weighted by Gasteiger charge is -2.37. The lowest BCUT2D eigenvalue weighted by molar-refractivity contribution is -0.129. The Morgan fingerprint density at radius 3 is 2.78 bits per heavy atom. The number of nitrogens with zero attached hydrogens (tertiary/aromatic N) is 2. The number of carbonyl (C=O) groups excluding carboxylic acids is 2. The zero-order valence-corrected chi connectivity index (χ0v) is 13.3. The van der Waals surface area contributed by atoms with Crippen LogP contribution in [0.1, 0.15) is 21.8 Å². The van der Waals surface area contributed by atoms with Crippen molar-refractivity contribution in [2.75, 3.05) is 13.1 Å². The minimum Gasteiger partial charge on any atom is -0.361 e. The lowest BCUT2D eigenvalue weighted by Crippen LogP contribution is -2.55. The summed E-state index contributed by atoms with van der Waals surface area (Å²) in [5.41, 5.74) is 1.14. The van der Waals surface area contributed by atoms with Crippen LogP contribution in [-0.2, 0) is 11.3 Å². The average Bonchev–Trinajstić information content (AvgIpc) is 2.91. The van der Waals surface area contributed by atoms with Crippen molar-refractivity contribution in [1.82, 2.24) is 15.4 Å². The molecule has 1 saturated heterocycles. The van der Waals surface area contributed by atoms with Crippen LogP contribution in [0.3, 0.4) is 0 Å². The number of hydrogen-bond donors (Lipinski definition) is 1. The summed E-state index contributed by atoms with van der Waals surface area (Å²) in [6.45, 7) is 2.88. The fourth-order valence-corrected chi connectivity index (χ4v) is 2.61. The minimum absolute atomic E-state index is 0.0784. The summed E-state index contributed by atoms with van der Waals surface area (Å²) in [5.74, 6) is 0.0969. The van der Waals surface area contributed by atoms with Crippen molar-refractivity contribution in [3.63, 3.8) is 0 Å². The molecule has 23 heavy (non-hydrogen) atoms. The third-order valence-corrected chi connectivity index (χ3v) is 4.17. The maximum Gasteiger partial charge on any atom is 0.276 e. The Bertz CT molecular complexity index is 738. The molecule has 1 N–H and O–H groups in total. The number of nitrogens with one attached hydrogen (secondary N) is 1. The Morgan fingerprint density at radius 2 is 2.13 bits per heavy atom. The fourth-order valence-electron chi connectivity index (χ4n) is 2.41. The molecule has 0 unspecified atom stereocenters. The summed E-state index contributed by atoms with van der Waals surface area (Å²) in [4.78, 5) is 25.8. The van der Waals surface area contributed by atoms with Crippen molar-refractivity contribution < 1.29 is 14.1 Å². The monoisotopic (exact) mass is 333 g/mol. The van der Waals surface area contributed by atoms with Crippen molar-refractivity contribution >= 4 is 23.4 Å². The molecule has 3 rings (SSSR count). The molecule has 1 fully saturated rings. The first kappa shape index (κ1) is 15.6. The number of carbonyl (C=O) groups is 2. The van der Waals surface area contributed by atoms with Gasteiger partial charge in [0.1, 0.15) is 5.76 Å². The molecule has 0 spiro atoms. The zero-order valence-electron chi connectivity index (χ0n) is 12.6. The summed E-state index contributed by atoms with van der Waals surface area (Å²) >= 11 is 6.05. The van der Waals surface area contributed by atoms with Crippen LogP contribution in [0.2, 0.25) is 5.02 Å². The molecule has 0 saturated carbocycles. The summed E-state index contributed by atoms with van der Waals surface area (Å²) in [7, 11) is 0. The highest BCUT2D eigenvalue weighted by atomic mass is 35.5. The van der Waals surface area contributed by atoms with Gasteiger partial charge in [-0.05, 0) is 18.6 Å². The van der Waals surface area contributed by atoms with Crippen LogP contribution in [0.5, 0.6) is 0 Å². The highest BCUT2D eigenvalue weighted by Gasteiger charge is 2.36. The Kier molecular flexibility index (Phi) is 4.34. The number of likely N-dealkylation sites (tertiary alicyclic amines) is 1. The first-order valence-corrected chi connectivity index (χ1v) is 7.66. The van der Waals surface area contributed by atoms with E-state index < -0.39 is 0 Å². The number of halogens is 1. The van der Waals surface area contributed by atoms with Gasteiger partial charge in [-0.3, -0.25) is 9.59 Å². The molecule has 1 aromatic heterocycles. The Hall–Kier alpha value is -2.34. The summed E-state index contributed by atoms with van der Waals surface area (Å²) in [6.07, 6.45) is 0. The molecule has 1 aliphatic rings. The van der Waals surface area contributed by atoms with Gasteiger partial charge < -0.3 is 14.7 Å². The van der Waals surface area contributed by atoms with Crippen molar-refractivity contribution in [3.05, 3.63) is 52.4 Å². The molecule has 120 valence electrons. The second kappa shape index (κ2) is 6.42. The van der Waals surface area contributed by atoms with Crippen molar-refractivity contribution in [2.45, 2.75) is 13.5 Å². The second-order valence-corrected chi connectivity index (χ2v) is 5.95. The summed E-state index contributed by atoms with van der Waals surface area (Å²) < 4.78 is 4.89. The number of benzene rings is 1. The SMILES string of the molecule is Cc1cc(C(=O)N2CC(C(=O)NCc3ccccc3Cl)C2)no1. The van der Waals surface area contributed by atoms with E-state index in [0.29, 0.717) is 30.4 Å². The van der Waals surface area contributed by atoms with Crippen molar-refractivity contribution in [1.29, 1.82) is 0 Å². The molecule has 2 amide bonds. The molecule has 7 heteroatoms. The van der Waals surface area contributed by atoms with Gasteiger partial charge in [0.25, 0.3) is 5.91 Å². The predicted octanol–water partition coefficient (Wildman–Crippen LogP) is 2.02. The van der Waals surface area contributed by atoms with Gasteiger partial charge in [0, 0.05) is 30.7 Å². The first-order valence-electron chi connectivity index (χ1n) is 7.28. The number of aromatic nitrogens is 1. The van der Waals surface area contributed by atoms with E-state index in [-0.39, 0.29) is 23.4 Å². The zero-order chi connectivity index (χ0) is 16.4. The second-order valence-electron chi connectivity index (χ2n) is 5.54. The van der Waals surface area contributed by atoms with E-state index >= 15 is 0 Å². The van der Waals surface area contributed by atoms with Gasteiger partial charge in [-0.25, -0.2) is 0 Å². The Balaban J connectivity index is 1.48. The first-order chi connectivity index (χ1) is 11.0.